The molecule has 0 amide bonds. The van der Waals surface area contributed by atoms with Gasteiger partial charge in [-0.3, -0.25) is 0 Å². The minimum Gasteiger partial charge on any atom is -0.462 e. The summed E-state index contributed by atoms with van der Waals surface area (Å²) in [6, 6.07) is 12.3. The lowest BCUT2D eigenvalue weighted by Gasteiger charge is -2.45. The second-order valence-electron chi connectivity index (χ2n) is 9.55. The number of halogens is 3. The third-order valence-corrected chi connectivity index (χ3v) is 9.72. The van der Waals surface area contributed by atoms with Gasteiger partial charge in [0.2, 0.25) is 10.0 Å². The fraction of sp³-hybridized carbons (Fsp3) is 0.222. The number of hydrogen-bond acceptors (Lipinski definition) is 6. The molecule has 1 atom stereocenters. The molecule has 1 fully saturated rings. The number of aromatic nitrogens is 4. The lowest BCUT2D eigenvalue weighted by molar-refractivity contribution is 0.118. The van der Waals surface area contributed by atoms with Crippen molar-refractivity contribution in [3.63, 3.8) is 0 Å². The fourth-order valence-electron chi connectivity index (χ4n) is 5.17. The molecular formula is C27H22Cl2FN5O3S. The standard InChI is InChI=1S/C27H22Cl2FN5O3S/c28-23-7-6-22(13-24(23)29)39(36,37)34-11-8-19-12-25-18(15-33-35(25)21-4-2-20(30)3-5-21)14-27(19,16-34)17-38-26-31-9-1-10-32-26/h1-7,9-10,12-13,15H,8,11,14,16-17H2. The van der Waals surface area contributed by atoms with Crippen LogP contribution in [0.1, 0.15) is 17.7 Å². The van der Waals surface area contributed by atoms with Gasteiger partial charge >= 0.3 is 6.01 Å². The number of nitrogens with zero attached hydrogens (tertiary/aromatic N) is 5. The van der Waals surface area contributed by atoms with Crippen molar-refractivity contribution in [3.05, 3.63) is 99.8 Å². The van der Waals surface area contributed by atoms with E-state index < -0.39 is 15.4 Å². The first-order valence-electron chi connectivity index (χ1n) is 12.1. The second-order valence-corrected chi connectivity index (χ2v) is 12.3. The molecule has 0 bridgehead atoms. The van der Waals surface area contributed by atoms with E-state index in [2.05, 4.69) is 15.1 Å². The maximum Gasteiger partial charge on any atom is 0.316 e. The number of sulfonamides is 1. The van der Waals surface area contributed by atoms with Gasteiger partial charge in [0.15, 0.2) is 0 Å². The first-order chi connectivity index (χ1) is 18.7. The summed E-state index contributed by atoms with van der Waals surface area (Å²) in [4.78, 5) is 8.41. The van der Waals surface area contributed by atoms with Gasteiger partial charge in [-0.1, -0.05) is 28.8 Å². The van der Waals surface area contributed by atoms with E-state index >= 15 is 0 Å². The van der Waals surface area contributed by atoms with Gasteiger partial charge in [0, 0.05) is 30.9 Å². The fourth-order valence-corrected chi connectivity index (χ4v) is 7.08. The highest BCUT2D eigenvalue weighted by molar-refractivity contribution is 7.89. The molecule has 6 rings (SSSR count). The van der Waals surface area contributed by atoms with Crippen LogP contribution in [0.25, 0.3) is 11.8 Å². The Morgan fingerprint density at radius 3 is 2.56 bits per heavy atom. The number of hydrogen-bond donors (Lipinski definition) is 0. The average Bonchev–Trinajstić information content (AvgIpc) is 3.35. The van der Waals surface area contributed by atoms with E-state index in [9.17, 15) is 12.8 Å². The highest BCUT2D eigenvalue weighted by atomic mass is 35.5. The molecule has 39 heavy (non-hydrogen) atoms. The first-order valence-corrected chi connectivity index (χ1v) is 14.3. The molecule has 0 spiro atoms. The zero-order valence-corrected chi connectivity index (χ0v) is 22.8. The predicted molar refractivity (Wildman–Crippen MR) is 145 cm³/mol. The Morgan fingerprint density at radius 1 is 1.05 bits per heavy atom. The van der Waals surface area contributed by atoms with Crippen molar-refractivity contribution in [3.8, 4) is 11.7 Å². The highest BCUT2D eigenvalue weighted by Gasteiger charge is 2.47. The summed E-state index contributed by atoms with van der Waals surface area (Å²) in [6.07, 6.45) is 7.95. The minimum atomic E-state index is -3.87. The van der Waals surface area contributed by atoms with E-state index in [1.807, 2.05) is 6.08 Å². The maximum atomic E-state index is 13.7. The van der Waals surface area contributed by atoms with E-state index in [0.29, 0.717) is 12.8 Å². The van der Waals surface area contributed by atoms with Gasteiger partial charge in [-0.25, -0.2) is 27.5 Å². The van der Waals surface area contributed by atoms with Crippen LogP contribution < -0.4 is 4.74 Å². The van der Waals surface area contributed by atoms with Gasteiger partial charge in [0.1, 0.15) is 12.4 Å². The Bertz CT molecular complexity index is 1680. The lowest BCUT2D eigenvalue weighted by Crippen LogP contribution is -2.52. The molecule has 3 heterocycles. The smallest absolute Gasteiger partial charge is 0.316 e. The summed E-state index contributed by atoms with van der Waals surface area (Å²) >= 11 is 12.2. The monoisotopic (exact) mass is 585 g/mol. The summed E-state index contributed by atoms with van der Waals surface area (Å²) < 4.78 is 50.2. The molecule has 8 nitrogen and oxygen atoms in total. The second kappa shape index (κ2) is 10.0. The van der Waals surface area contributed by atoms with Crippen LogP contribution in [0.5, 0.6) is 6.01 Å². The summed E-state index contributed by atoms with van der Waals surface area (Å²) in [5.41, 5.74) is 2.88. The van der Waals surface area contributed by atoms with Crippen molar-refractivity contribution < 1.29 is 17.5 Å². The van der Waals surface area contributed by atoms with Crippen LogP contribution in [-0.4, -0.2) is 52.2 Å². The zero-order chi connectivity index (χ0) is 27.2. The molecule has 1 aliphatic carbocycles. The molecule has 2 aliphatic rings. The Morgan fingerprint density at radius 2 is 1.82 bits per heavy atom. The van der Waals surface area contributed by atoms with E-state index in [1.54, 1.807) is 41.5 Å². The van der Waals surface area contributed by atoms with Crippen molar-refractivity contribution in [2.24, 2.45) is 5.41 Å². The number of ether oxygens (including phenoxy) is 1. The van der Waals surface area contributed by atoms with E-state index in [-0.39, 0.29) is 46.5 Å². The quantitative estimate of drug-likeness (QED) is 0.308. The van der Waals surface area contributed by atoms with Gasteiger partial charge in [-0.15, -0.1) is 0 Å². The molecule has 1 unspecified atom stereocenters. The number of piperidine rings is 1. The molecule has 2 aromatic carbocycles. The number of benzene rings is 2. The van der Waals surface area contributed by atoms with Crippen LogP contribution in [0.3, 0.4) is 0 Å². The topological polar surface area (TPSA) is 90.2 Å². The Hall–Kier alpha value is -3.31. The third-order valence-electron chi connectivity index (χ3n) is 7.14. The molecule has 0 saturated carbocycles. The van der Waals surface area contributed by atoms with Gasteiger partial charge in [-0.2, -0.15) is 9.40 Å². The molecule has 1 aliphatic heterocycles. The van der Waals surface area contributed by atoms with Crippen LogP contribution in [0.4, 0.5) is 4.39 Å². The maximum absolute atomic E-state index is 13.7. The van der Waals surface area contributed by atoms with E-state index in [0.717, 1.165) is 22.5 Å². The molecular weight excluding hydrogens is 564 g/mol. The van der Waals surface area contributed by atoms with Gasteiger partial charge < -0.3 is 4.74 Å². The molecule has 200 valence electrons. The number of fused-ring (bicyclic) bond motifs is 2. The van der Waals surface area contributed by atoms with Crippen molar-refractivity contribution >= 4 is 39.3 Å². The van der Waals surface area contributed by atoms with Crippen LogP contribution in [0.2, 0.25) is 10.0 Å². The zero-order valence-electron chi connectivity index (χ0n) is 20.5. The largest absolute Gasteiger partial charge is 0.462 e. The predicted octanol–water partition coefficient (Wildman–Crippen LogP) is 5.21. The number of rotatable bonds is 6. The van der Waals surface area contributed by atoms with Crippen LogP contribution in [-0.2, 0) is 16.4 Å². The van der Waals surface area contributed by atoms with Crippen molar-refractivity contribution in [1.29, 1.82) is 0 Å². The van der Waals surface area contributed by atoms with Crippen molar-refractivity contribution in [1.82, 2.24) is 24.1 Å². The van der Waals surface area contributed by atoms with Gasteiger partial charge in [0.25, 0.3) is 0 Å². The molecule has 1 saturated heterocycles. The Balaban J connectivity index is 1.38. The average molecular weight is 586 g/mol. The summed E-state index contributed by atoms with van der Waals surface area (Å²) in [7, 11) is -3.87. The molecule has 2 aromatic heterocycles. The molecule has 4 aromatic rings. The Kier molecular flexibility index (Phi) is 6.66. The van der Waals surface area contributed by atoms with Crippen molar-refractivity contribution in [2.45, 2.75) is 17.7 Å². The minimum absolute atomic E-state index is 0.0763. The molecule has 12 heteroatoms. The van der Waals surface area contributed by atoms with Gasteiger partial charge in [-0.05, 0) is 73.0 Å². The first kappa shape index (κ1) is 25.9. The Labute approximate surface area is 234 Å². The van der Waals surface area contributed by atoms with Crippen molar-refractivity contribution in [2.75, 3.05) is 19.7 Å². The molecule has 0 N–H and O–H groups in total. The van der Waals surface area contributed by atoms with Gasteiger partial charge in [0.05, 0.1) is 32.5 Å². The van der Waals surface area contributed by atoms with Crippen LogP contribution in [0.15, 0.2) is 77.6 Å². The normalized spacial score (nSPS) is 19.2. The summed E-state index contributed by atoms with van der Waals surface area (Å²) in [6.45, 7) is 0.616. The van der Waals surface area contributed by atoms with E-state index in [1.165, 1.54) is 34.6 Å². The lowest BCUT2D eigenvalue weighted by atomic mass is 9.69. The van der Waals surface area contributed by atoms with E-state index in [4.69, 9.17) is 27.9 Å². The molecule has 0 radical (unpaired) electrons. The SMILES string of the molecule is O=S(=O)(c1ccc(Cl)c(Cl)c1)N1CCC2=Cc3c(cnn3-c3ccc(F)cc3)CC2(COc2ncccn2)C1. The van der Waals surface area contributed by atoms with Crippen LogP contribution >= 0.6 is 23.2 Å². The highest BCUT2D eigenvalue weighted by Crippen LogP contribution is 2.45. The van der Waals surface area contributed by atoms with Crippen LogP contribution in [0, 0.1) is 11.2 Å². The summed E-state index contributed by atoms with van der Waals surface area (Å²) in [5.74, 6) is -0.326. The third kappa shape index (κ3) is 4.82. The summed E-state index contributed by atoms with van der Waals surface area (Å²) in [5, 5.41) is 5.02.